The quantitative estimate of drug-likeness (QED) is 0.822. The van der Waals surface area contributed by atoms with E-state index in [1.165, 1.54) is 17.4 Å². The number of benzene rings is 1. The van der Waals surface area contributed by atoms with Crippen molar-refractivity contribution in [1.29, 1.82) is 5.26 Å². The first-order valence-electron chi connectivity index (χ1n) is 7.02. The third-order valence-corrected chi connectivity index (χ3v) is 4.37. The molecule has 1 atom stereocenters. The number of rotatable bonds is 5. The maximum absolute atomic E-state index is 12.6. The average molecular weight is 328 g/mol. The van der Waals surface area contributed by atoms with Crippen molar-refractivity contribution in [2.24, 2.45) is 5.73 Å². The van der Waals surface area contributed by atoms with Crippen LogP contribution in [0.3, 0.4) is 0 Å². The molecule has 0 aliphatic carbocycles. The molecule has 0 radical (unpaired) electrons. The predicted molar refractivity (Wildman–Crippen MR) is 88.6 cm³/mol. The van der Waals surface area contributed by atoms with E-state index in [9.17, 15) is 14.9 Å². The summed E-state index contributed by atoms with van der Waals surface area (Å²) in [5.74, 6) is -1.31. The number of Topliss-reactive ketones (excluding diaryl/α,β-unsaturated/α-hetero) is 1. The Morgan fingerprint density at radius 2 is 2.22 bits per heavy atom. The monoisotopic (exact) mass is 328 g/mol. The van der Waals surface area contributed by atoms with E-state index in [2.05, 4.69) is 10.3 Å². The van der Waals surface area contributed by atoms with Crippen molar-refractivity contribution in [3.63, 3.8) is 0 Å². The van der Waals surface area contributed by atoms with Crippen molar-refractivity contribution in [3.8, 4) is 6.07 Å². The summed E-state index contributed by atoms with van der Waals surface area (Å²) in [5, 5.41) is 12.3. The molecular formula is C16H16N4O2S. The fourth-order valence-corrected chi connectivity index (χ4v) is 3.24. The number of nitrogens with zero attached hydrogens (tertiary/aromatic N) is 2. The maximum Gasteiger partial charge on any atom is 0.316 e. The van der Waals surface area contributed by atoms with Crippen molar-refractivity contribution >= 4 is 28.8 Å². The lowest BCUT2D eigenvalue weighted by molar-refractivity contribution is 0.0978. The van der Waals surface area contributed by atoms with Gasteiger partial charge in [0.2, 0.25) is 0 Å². The molecule has 3 N–H and O–H groups in total. The third-order valence-electron chi connectivity index (χ3n) is 3.30. The largest absolute Gasteiger partial charge is 0.351 e. The molecule has 6 nitrogen and oxygen atoms in total. The number of aromatic nitrogens is 1. The molecule has 23 heavy (non-hydrogen) atoms. The standard InChI is InChI=1S/C16H16N4O2S/c1-3-13-9(2)23-15(20-13)12(8-17)14(21)10-5-4-6-11(7-10)19-16(18)22/h4-7,12H,3H2,1-2H3,(H3,18,19,22)/t12-/m0/s1. The van der Waals surface area contributed by atoms with Gasteiger partial charge < -0.3 is 11.1 Å². The first-order chi connectivity index (χ1) is 11.0. The maximum atomic E-state index is 12.6. The molecule has 1 aromatic carbocycles. The van der Waals surface area contributed by atoms with Crippen LogP contribution in [0.1, 0.15) is 38.8 Å². The highest BCUT2D eigenvalue weighted by molar-refractivity contribution is 7.12. The van der Waals surface area contributed by atoms with Crippen LogP contribution < -0.4 is 11.1 Å². The lowest BCUT2D eigenvalue weighted by Gasteiger charge is -2.07. The number of hydrogen-bond acceptors (Lipinski definition) is 5. The van der Waals surface area contributed by atoms with Crippen molar-refractivity contribution in [1.82, 2.24) is 4.98 Å². The predicted octanol–water partition coefficient (Wildman–Crippen LogP) is 2.99. The molecule has 0 saturated carbocycles. The number of carbonyl (C=O) groups is 2. The van der Waals surface area contributed by atoms with E-state index in [-0.39, 0.29) is 5.78 Å². The highest BCUT2D eigenvalue weighted by Gasteiger charge is 2.26. The van der Waals surface area contributed by atoms with E-state index < -0.39 is 11.9 Å². The molecule has 0 aliphatic heterocycles. The summed E-state index contributed by atoms with van der Waals surface area (Å²) in [5.41, 5.74) is 6.71. The number of carbonyl (C=O) groups excluding carboxylic acids is 2. The molecule has 2 rings (SSSR count). The molecule has 0 saturated heterocycles. The number of nitriles is 1. The zero-order valence-corrected chi connectivity index (χ0v) is 13.6. The summed E-state index contributed by atoms with van der Waals surface area (Å²) in [6, 6.07) is 7.65. The highest BCUT2D eigenvalue weighted by Crippen LogP contribution is 2.28. The molecule has 1 aromatic heterocycles. The van der Waals surface area contributed by atoms with Crippen LogP contribution in [0.5, 0.6) is 0 Å². The second-order valence-electron chi connectivity index (χ2n) is 4.90. The molecule has 0 aliphatic rings. The van der Waals surface area contributed by atoms with E-state index in [0.717, 1.165) is 17.0 Å². The Morgan fingerprint density at radius 3 is 2.78 bits per heavy atom. The Balaban J connectivity index is 2.33. The fraction of sp³-hybridized carbons (Fsp3) is 0.250. The molecular weight excluding hydrogens is 312 g/mol. The first-order valence-corrected chi connectivity index (χ1v) is 7.84. The van der Waals surface area contributed by atoms with Crippen molar-refractivity contribution in [2.75, 3.05) is 5.32 Å². The van der Waals surface area contributed by atoms with Crippen LogP contribution in [0.4, 0.5) is 10.5 Å². The van der Waals surface area contributed by atoms with Crippen LogP contribution >= 0.6 is 11.3 Å². The molecule has 2 aromatic rings. The SMILES string of the molecule is CCc1nc([C@@H](C#N)C(=O)c2cccc(NC(N)=O)c2)sc1C. The molecule has 0 unspecified atom stereocenters. The number of hydrogen-bond donors (Lipinski definition) is 2. The zero-order valence-electron chi connectivity index (χ0n) is 12.8. The molecule has 0 fully saturated rings. The zero-order chi connectivity index (χ0) is 17.0. The number of aryl methyl sites for hydroxylation is 2. The number of urea groups is 1. The lowest BCUT2D eigenvalue weighted by atomic mass is 9.99. The minimum Gasteiger partial charge on any atom is -0.351 e. The van der Waals surface area contributed by atoms with Gasteiger partial charge in [0.1, 0.15) is 5.01 Å². The molecule has 0 bridgehead atoms. The number of anilines is 1. The topological polar surface area (TPSA) is 109 Å². The van der Waals surface area contributed by atoms with Crippen LogP contribution in [0, 0.1) is 18.3 Å². The summed E-state index contributed by atoms with van der Waals surface area (Å²) in [4.78, 5) is 28.9. The summed E-state index contributed by atoms with van der Waals surface area (Å²) in [6.07, 6.45) is 0.757. The minimum absolute atomic E-state index is 0.328. The van der Waals surface area contributed by atoms with Gasteiger partial charge in [0.15, 0.2) is 11.7 Å². The van der Waals surface area contributed by atoms with Gasteiger partial charge in [-0.05, 0) is 25.5 Å². The van der Waals surface area contributed by atoms with Crippen molar-refractivity contribution in [3.05, 3.63) is 45.4 Å². The van der Waals surface area contributed by atoms with Gasteiger partial charge in [0.25, 0.3) is 0 Å². The van der Waals surface area contributed by atoms with Gasteiger partial charge in [0.05, 0.1) is 11.8 Å². The van der Waals surface area contributed by atoms with Gasteiger partial charge in [-0.25, -0.2) is 9.78 Å². The number of thiazole rings is 1. The first kappa shape index (κ1) is 16.6. The number of primary amides is 1. The fourth-order valence-electron chi connectivity index (χ4n) is 2.19. The van der Waals surface area contributed by atoms with E-state index in [4.69, 9.17) is 5.73 Å². The van der Waals surface area contributed by atoms with Crippen LogP contribution in [-0.2, 0) is 6.42 Å². The second kappa shape index (κ2) is 7.03. The van der Waals surface area contributed by atoms with Gasteiger partial charge in [-0.3, -0.25) is 4.79 Å². The van der Waals surface area contributed by atoms with Gasteiger partial charge in [0, 0.05) is 16.1 Å². The smallest absolute Gasteiger partial charge is 0.316 e. The number of nitrogens with two attached hydrogens (primary N) is 1. The second-order valence-corrected chi connectivity index (χ2v) is 6.14. The number of ketones is 1. The van der Waals surface area contributed by atoms with Crippen molar-refractivity contribution < 1.29 is 9.59 Å². The Bertz CT molecular complexity index is 792. The van der Waals surface area contributed by atoms with E-state index in [1.807, 2.05) is 19.9 Å². The van der Waals surface area contributed by atoms with Gasteiger partial charge in [-0.1, -0.05) is 19.1 Å². The normalized spacial score (nSPS) is 11.5. The number of amides is 2. The Labute approximate surface area is 138 Å². The van der Waals surface area contributed by atoms with Crippen LogP contribution in [0.25, 0.3) is 0 Å². The Hall–Kier alpha value is -2.72. The third kappa shape index (κ3) is 3.73. The van der Waals surface area contributed by atoms with E-state index in [0.29, 0.717) is 16.3 Å². The lowest BCUT2D eigenvalue weighted by Crippen LogP contribution is -2.19. The molecule has 0 spiro atoms. The molecule has 118 valence electrons. The van der Waals surface area contributed by atoms with Crippen LogP contribution in [0.2, 0.25) is 0 Å². The molecule has 7 heteroatoms. The van der Waals surface area contributed by atoms with Crippen molar-refractivity contribution in [2.45, 2.75) is 26.2 Å². The molecule has 1 heterocycles. The van der Waals surface area contributed by atoms with Crippen LogP contribution in [-0.4, -0.2) is 16.8 Å². The van der Waals surface area contributed by atoms with E-state index in [1.54, 1.807) is 18.2 Å². The Morgan fingerprint density at radius 1 is 1.48 bits per heavy atom. The summed E-state index contributed by atoms with van der Waals surface area (Å²) >= 11 is 1.37. The molecule has 2 amide bonds. The Kier molecular flexibility index (Phi) is 5.09. The summed E-state index contributed by atoms with van der Waals surface area (Å²) < 4.78 is 0. The van der Waals surface area contributed by atoms with Gasteiger partial charge in [-0.15, -0.1) is 11.3 Å². The number of nitrogens with one attached hydrogen (secondary N) is 1. The van der Waals surface area contributed by atoms with Crippen LogP contribution in [0.15, 0.2) is 24.3 Å². The van der Waals surface area contributed by atoms with Gasteiger partial charge >= 0.3 is 6.03 Å². The van der Waals surface area contributed by atoms with Gasteiger partial charge in [-0.2, -0.15) is 5.26 Å². The summed E-state index contributed by atoms with van der Waals surface area (Å²) in [6.45, 7) is 3.91. The van der Waals surface area contributed by atoms with E-state index >= 15 is 0 Å². The minimum atomic E-state index is -0.956. The average Bonchev–Trinajstić information content (AvgIpc) is 2.88. The highest BCUT2D eigenvalue weighted by atomic mass is 32.1. The summed E-state index contributed by atoms with van der Waals surface area (Å²) in [7, 11) is 0.